The maximum atomic E-state index is 12.6. The van der Waals surface area contributed by atoms with Crippen molar-refractivity contribution in [1.29, 1.82) is 0 Å². The number of hydrogen-bond acceptors (Lipinski definition) is 5. The average molecular weight is 400 g/mol. The number of rotatable bonds is 6. The van der Waals surface area contributed by atoms with Crippen LogP contribution in [0.4, 0.5) is 30.6 Å². The van der Waals surface area contributed by atoms with Crippen LogP contribution >= 0.6 is 0 Å². The molecule has 5 nitrogen and oxygen atoms in total. The van der Waals surface area contributed by atoms with E-state index in [4.69, 9.17) is 0 Å². The topological polar surface area (TPSA) is 59.1 Å². The molecule has 1 heterocycles. The van der Waals surface area contributed by atoms with Gasteiger partial charge in [-0.15, -0.1) is 13.2 Å². The smallest absolute Gasteiger partial charge is 0.406 e. The standard InChI is InChI=1S/C21H19F3N4O/c1-13-5-7-15(8-6-13)25-19-12-18(27-20(28-19)26-16-9-10-16)14-3-2-4-17(11-14)29-21(22,23)24/h2-8,11-12,16H,9-10H2,1H3,(H2,25,26,27,28). The Morgan fingerprint density at radius 3 is 2.45 bits per heavy atom. The molecule has 0 bridgehead atoms. The lowest BCUT2D eigenvalue weighted by Gasteiger charge is -2.13. The van der Waals surface area contributed by atoms with Crippen molar-refractivity contribution in [2.45, 2.75) is 32.2 Å². The SMILES string of the molecule is Cc1ccc(Nc2cc(-c3cccc(OC(F)(F)F)c3)nc(NC3CC3)n2)cc1. The van der Waals surface area contributed by atoms with Gasteiger partial charge in [-0.05, 0) is 44.0 Å². The second-order valence-electron chi connectivity index (χ2n) is 6.95. The number of benzene rings is 2. The van der Waals surface area contributed by atoms with Crippen LogP contribution in [0.15, 0.2) is 54.6 Å². The number of aryl methyl sites for hydroxylation is 1. The van der Waals surface area contributed by atoms with E-state index in [-0.39, 0.29) is 5.75 Å². The first-order chi connectivity index (χ1) is 13.8. The minimum atomic E-state index is -4.75. The molecule has 1 aliphatic carbocycles. The Morgan fingerprint density at radius 2 is 1.76 bits per heavy atom. The van der Waals surface area contributed by atoms with Gasteiger partial charge in [-0.25, -0.2) is 4.98 Å². The second kappa shape index (κ2) is 7.62. The molecule has 1 saturated carbocycles. The van der Waals surface area contributed by atoms with Gasteiger partial charge in [0.2, 0.25) is 5.95 Å². The zero-order chi connectivity index (χ0) is 20.4. The maximum Gasteiger partial charge on any atom is 0.573 e. The molecule has 0 saturated heterocycles. The van der Waals surface area contributed by atoms with Crippen molar-refractivity contribution in [3.63, 3.8) is 0 Å². The van der Waals surface area contributed by atoms with Gasteiger partial charge in [0.1, 0.15) is 11.6 Å². The minimum absolute atomic E-state index is 0.293. The van der Waals surface area contributed by atoms with Crippen LogP contribution < -0.4 is 15.4 Å². The minimum Gasteiger partial charge on any atom is -0.406 e. The number of alkyl halides is 3. The number of aromatic nitrogens is 2. The zero-order valence-electron chi connectivity index (χ0n) is 15.6. The summed E-state index contributed by atoms with van der Waals surface area (Å²) in [6, 6.07) is 15.6. The van der Waals surface area contributed by atoms with E-state index >= 15 is 0 Å². The summed E-state index contributed by atoms with van der Waals surface area (Å²) in [4.78, 5) is 8.97. The summed E-state index contributed by atoms with van der Waals surface area (Å²) in [5.41, 5.74) is 2.98. The van der Waals surface area contributed by atoms with Gasteiger partial charge in [0.15, 0.2) is 0 Å². The fourth-order valence-electron chi connectivity index (χ4n) is 2.77. The molecule has 8 heteroatoms. The highest BCUT2D eigenvalue weighted by atomic mass is 19.4. The summed E-state index contributed by atoms with van der Waals surface area (Å²) < 4.78 is 41.7. The Kier molecular flexibility index (Phi) is 5.00. The van der Waals surface area contributed by atoms with Crippen molar-refractivity contribution < 1.29 is 17.9 Å². The summed E-state index contributed by atoms with van der Waals surface area (Å²) in [5.74, 6) is 0.684. The molecule has 3 aromatic rings. The molecule has 0 unspecified atom stereocenters. The van der Waals surface area contributed by atoms with Gasteiger partial charge in [0, 0.05) is 23.4 Å². The van der Waals surface area contributed by atoms with Gasteiger partial charge >= 0.3 is 6.36 Å². The van der Waals surface area contributed by atoms with E-state index in [1.54, 1.807) is 12.1 Å². The molecule has 0 radical (unpaired) electrons. The van der Waals surface area contributed by atoms with Crippen molar-refractivity contribution in [3.8, 4) is 17.0 Å². The molecule has 2 aromatic carbocycles. The average Bonchev–Trinajstić information content (AvgIpc) is 3.46. The van der Waals surface area contributed by atoms with Gasteiger partial charge < -0.3 is 15.4 Å². The molecule has 29 heavy (non-hydrogen) atoms. The number of nitrogens with one attached hydrogen (secondary N) is 2. The van der Waals surface area contributed by atoms with Crippen LogP contribution in [-0.2, 0) is 0 Å². The lowest BCUT2D eigenvalue weighted by molar-refractivity contribution is -0.274. The van der Waals surface area contributed by atoms with Crippen LogP contribution in [0.2, 0.25) is 0 Å². The number of anilines is 3. The van der Waals surface area contributed by atoms with E-state index < -0.39 is 6.36 Å². The highest BCUT2D eigenvalue weighted by molar-refractivity contribution is 5.68. The molecular weight excluding hydrogens is 381 g/mol. The molecule has 150 valence electrons. The Hall–Kier alpha value is -3.29. The van der Waals surface area contributed by atoms with Crippen LogP contribution in [0.25, 0.3) is 11.3 Å². The molecule has 1 aliphatic rings. The zero-order valence-corrected chi connectivity index (χ0v) is 15.6. The number of nitrogens with zero attached hydrogens (tertiary/aromatic N) is 2. The normalized spacial score (nSPS) is 13.8. The number of hydrogen-bond donors (Lipinski definition) is 2. The molecular formula is C21H19F3N4O. The van der Waals surface area contributed by atoms with E-state index in [0.717, 1.165) is 24.1 Å². The van der Waals surface area contributed by atoms with Crippen LogP contribution in [0, 0.1) is 6.92 Å². The predicted octanol–water partition coefficient (Wildman–Crippen LogP) is 5.67. The summed E-state index contributed by atoms with van der Waals surface area (Å²) in [6.07, 6.45) is -2.66. The molecule has 2 N–H and O–H groups in total. The van der Waals surface area contributed by atoms with Crippen molar-refractivity contribution >= 4 is 17.5 Å². The third-order valence-corrected chi connectivity index (χ3v) is 4.32. The van der Waals surface area contributed by atoms with Crippen molar-refractivity contribution in [1.82, 2.24) is 9.97 Å². The van der Waals surface area contributed by atoms with E-state index in [9.17, 15) is 13.2 Å². The van der Waals surface area contributed by atoms with Crippen LogP contribution in [-0.4, -0.2) is 22.4 Å². The quantitative estimate of drug-likeness (QED) is 0.558. The Balaban J connectivity index is 1.66. The summed E-state index contributed by atoms with van der Waals surface area (Å²) >= 11 is 0. The molecule has 0 aliphatic heterocycles. The predicted molar refractivity (Wildman–Crippen MR) is 105 cm³/mol. The van der Waals surface area contributed by atoms with Crippen LogP contribution in [0.5, 0.6) is 5.75 Å². The van der Waals surface area contributed by atoms with Crippen molar-refractivity contribution in [3.05, 3.63) is 60.2 Å². The van der Waals surface area contributed by atoms with E-state index in [1.807, 2.05) is 31.2 Å². The summed E-state index contributed by atoms with van der Waals surface area (Å²) in [5, 5.41) is 6.47. The molecule has 4 rings (SSSR count). The highest BCUT2D eigenvalue weighted by Crippen LogP contribution is 2.30. The van der Waals surface area contributed by atoms with Crippen molar-refractivity contribution in [2.75, 3.05) is 10.6 Å². The first-order valence-corrected chi connectivity index (χ1v) is 9.19. The van der Waals surface area contributed by atoms with Gasteiger partial charge in [-0.3, -0.25) is 0 Å². The summed E-state index contributed by atoms with van der Waals surface area (Å²) in [6.45, 7) is 2.00. The molecule has 1 aromatic heterocycles. The largest absolute Gasteiger partial charge is 0.573 e. The monoisotopic (exact) mass is 400 g/mol. The lowest BCUT2D eigenvalue weighted by Crippen LogP contribution is -2.17. The van der Waals surface area contributed by atoms with Gasteiger partial charge in [0.05, 0.1) is 5.69 Å². The first kappa shape index (κ1) is 19.0. The number of ether oxygens (including phenoxy) is 1. The highest BCUT2D eigenvalue weighted by Gasteiger charge is 2.31. The van der Waals surface area contributed by atoms with Gasteiger partial charge in [-0.2, -0.15) is 4.98 Å². The second-order valence-corrected chi connectivity index (χ2v) is 6.95. The molecule has 1 fully saturated rings. The Bertz CT molecular complexity index is 1000. The first-order valence-electron chi connectivity index (χ1n) is 9.19. The Morgan fingerprint density at radius 1 is 1.00 bits per heavy atom. The molecule has 0 atom stereocenters. The Labute approximate surface area is 166 Å². The van der Waals surface area contributed by atoms with E-state index in [0.29, 0.717) is 29.1 Å². The molecule has 0 spiro atoms. The van der Waals surface area contributed by atoms with Crippen molar-refractivity contribution in [2.24, 2.45) is 0 Å². The maximum absolute atomic E-state index is 12.6. The fourth-order valence-corrected chi connectivity index (χ4v) is 2.77. The van der Waals surface area contributed by atoms with Gasteiger partial charge in [0.25, 0.3) is 0 Å². The number of halogens is 3. The van der Waals surface area contributed by atoms with Crippen LogP contribution in [0.1, 0.15) is 18.4 Å². The van der Waals surface area contributed by atoms with E-state index in [2.05, 4.69) is 25.3 Å². The fraction of sp³-hybridized carbons (Fsp3) is 0.238. The van der Waals surface area contributed by atoms with Crippen LogP contribution in [0.3, 0.4) is 0 Å². The molecule has 0 amide bonds. The third kappa shape index (κ3) is 5.37. The lowest BCUT2D eigenvalue weighted by atomic mass is 10.1. The van der Waals surface area contributed by atoms with Gasteiger partial charge in [-0.1, -0.05) is 29.8 Å². The summed E-state index contributed by atoms with van der Waals surface area (Å²) in [7, 11) is 0. The van der Waals surface area contributed by atoms with E-state index in [1.165, 1.54) is 18.2 Å². The third-order valence-electron chi connectivity index (χ3n) is 4.32.